The quantitative estimate of drug-likeness (QED) is 0.113. The molecule has 0 atom stereocenters. The molecule has 0 aromatic heterocycles. The minimum Gasteiger partial charge on any atom is -0.206 e. The summed E-state index contributed by atoms with van der Waals surface area (Å²) in [5, 5.41) is 0. The van der Waals surface area contributed by atoms with Crippen LogP contribution in [-0.2, 0) is 12.8 Å². The highest BCUT2D eigenvalue weighted by molar-refractivity contribution is 5.49. The van der Waals surface area contributed by atoms with Crippen molar-refractivity contribution in [2.45, 2.75) is 123 Å². The highest BCUT2D eigenvalue weighted by Crippen LogP contribution is 2.14. The lowest BCUT2D eigenvalue weighted by atomic mass is 10.0. The SMILES string of the molecule is CCCCCCCCCCc1ccc(C#Cc2ccc(C#Cc3ccc(CCCCCCCCC)cc3)cc2F)cc1. The Hall–Kier alpha value is -3.29. The lowest BCUT2D eigenvalue weighted by Gasteiger charge is -2.03. The number of aryl methyl sites for hydroxylation is 2. The maximum absolute atomic E-state index is 14.7. The predicted molar refractivity (Wildman–Crippen MR) is 179 cm³/mol. The maximum atomic E-state index is 14.7. The van der Waals surface area contributed by atoms with E-state index in [2.05, 4.69) is 73.9 Å². The summed E-state index contributed by atoms with van der Waals surface area (Å²) in [5.74, 6) is 12.1. The molecule has 0 radical (unpaired) electrons. The molecule has 1 heteroatoms. The summed E-state index contributed by atoms with van der Waals surface area (Å²) < 4.78 is 14.7. The average Bonchev–Trinajstić information content (AvgIpc) is 3.01. The molecule has 0 aliphatic rings. The van der Waals surface area contributed by atoms with Crippen molar-refractivity contribution in [3.63, 3.8) is 0 Å². The van der Waals surface area contributed by atoms with Gasteiger partial charge in [-0.05, 0) is 79.3 Å². The first kappa shape index (κ1) is 33.2. The van der Waals surface area contributed by atoms with Gasteiger partial charge in [0, 0.05) is 16.7 Å². The Balaban J connectivity index is 1.42. The zero-order valence-corrected chi connectivity index (χ0v) is 26.2. The van der Waals surface area contributed by atoms with Crippen LogP contribution < -0.4 is 0 Å². The van der Waals surface area contributed by atoms with Gasteiger partial charge in [-0.15, -0.1) is 0 Å². The van der Waals surface area contributed by atoms with E-state index in [0.717, 1.165) is 24.0 Å². The van der Waals surface area contributed by atoms with Gasteiger partial charge in [0.2, 0.25) is 0 Å². The van der Waals surface area contributed by atoms with Crippen LogP contribution in [0.25, 0.3) is 0 Å². The molecule has 0 heterocycles. The van der Waals surface area contributed by atoms with Gasteiger partial charge in [-0.3, -0.25) is 0 Å². The lowest BCUT2D eigenvalue weighted by molar-refractivity contribution is 0.575. The topological polar surface area (TPSA) is 0 Å². The van der Waals surface area contributed by atoms with E-state index in [4.69, 9.17) is 0 Å². The second kappa shape index (κ2) is 20.6. The van der Waals surface area contributed by atoms with E-state index in [9.17, 15) is 4.39 Å². The molecule has 0 unspecified atom stereocenters. The maximum Gasteiger partial charge on any atom is 0.140 e. The van der Waals surface area contributed by atoms with Gasteiger partial charge in [-0.25, -0.2) is 4.39 Å². The van der Waals surface area contributed by atoms with Gasteiger partial charge < -0.3 is 0 Å². The zero-order valence-electron chi connectivity index (χ0n) is 26.2. The Morgan fingerprint density at radius 3 is 1.26 bits per heavy atom. The molecule has 0 aliphatic heterocycles. The summed E-state index contributed by atoms with van der Waals surface area (Å²) in [6.45, 7) is 4.53. The predicted octanol–water partition coefficient (Wildman–Crippen LogP) is 11.6. The van der Waals surface area contributed by atoms with Crippen molar-refractivity contribution >= 4 is 0 Å². The molecule has 0 aliphatic carbocycles. The number of benzene rings is 3. The molecule has 0 amide bonds. The van der Waals surface area contributed by atoms with Gasteiger partial charge in [0.1, 0.15) is 5.82 Å². The van der Waals surface area contributed by atoms with E-state index < -0.39 is 0 Å². The monoisotopic (exact) mass is 562 g/mol. The highest BCUT2D eigenvalue weighted by atomic mass is 19.1. The van der Waals surface area contributed by atoms with Crippen LogP contribution in [0.4, 0.5) is 4.39 Å². The van der Waals surface area contributed by atoms with E-state index in [1.165, 1.54) is 114 Å². The molecule has 222 valence electrons. The second-order valence-electron chi connectivity index (χ2n) is 11.7. The first-order valence-corrected chi connectivity index (χ1v) is 16.7. The molecule has 3 rings (SSSR count). The third-order valence-corrected chi connectivity index (χ3v) is 7.96. The molecule has 42 heavy (non-hydrogen) atoms. The van der Waals surface area contributed by atoms with Gasteiger partial charge in [-0.2, -0.15) is 0 Å². The van der Waals surface area contributed by atoms with E-state index in [1.54, 1.807) is 6.07 Å². The highest BCUT2D eigenvalue weighted by Gasteiger charge is 2.01. The van der Waals surface area contributed by atoms with Crippen molar-refractivity contribution in [3.05, 3.63) is 106 Å². The molecule has 3 aromatic carbocycles. The number of halogens is 1. The molecule has 0 fully saturated rings. The molecule has 0 saturated carbocycles. The van der Waals surface area contributed by atoms with Crippen molar-refractivity contribution < 1.29 is 4.39 Å². The third-order valence-electron chi connectivity index (χ3n) is 7.96. The Kier molecular flexibility index (Phi) is 16.3. The summed E-state index contributed by atoms with van der Waals surface area (Å²) in [6, 6.07) is 21.9. The molecule has 3 aromatic rings. The fourth-order valence-electron chi connectivity index (χ4n) is 5.24. The van der Waals surface area contributed by atoms with Crippen LogP contribution in [-0.4, -0.2) is 0 Å². The van der Waals surface area contributed by atoms with Crippen LogP contribution in [0.2, 0.25) is 0 Å². The average molecular weight is 563 g/mol. The van der Waals surface area contributed by atoms with Gasteiger partial charge in [-0.1, -0.05) is 145 Å². The molecule has 0 N–H and O–H groups in total. The second-order valence-corrected chi connectivity index (χ2v) is 11.7. The largest absolute Gasteiger partial charge is 0.206 e. The summed E-state index contributed by atoms with van der Waals surface area (Å²) in [6.07, 6.45) is 22.2. The first-order chi connectivity index (χ1) is 20.7. The number of hydrogen-bond acceptors (Lipinski definition) is 0. The van der Waals surface area contributed by atoms with E-state index in [1.807, 2.05) is 18.2 Å². The van der Waals surface area contributed by atoms with Crippen molar-refractivity contribution in [2.75, 3.05) is 0 Å². The Bertz CT molecular complexity index is 1280. The van der Waals surface area contributed by atoms with Gasteiger partial charge in [0.05, 0.1) is 5.56 Å². The molecule has 0 saturated heterocycles. The Morgan fingerprint density at radius 2 is 0.810 bits per heavy atom. The van der Waals surface area contributed by atoms with Gasteiger partial charge >= 0.3 is 0 Å². The normalized spacial score (nSPS) is 10.5. The summed E-state index contributed by atoms with van der Waals surface area (Å²) in [7, 11) is 0. The van der Waals surface area contributed by atoms with Gasteiger partial charge in [0.25, 0.3) is 0 Å². The molecule has 0 nitrogen and oxygen atoms in total. The first-order valence-electron chi connectivity index (χ1n) is 16.7. The smallest absolute Gasteiger partial charge is 0.140 e. The molecular weight excluding hydrogens is 511 g/mol. The Morgan fingerprint density at radius 1 is 0.429 bits per heavy atom. The number of rotatable bonds is 17. The number of unbranched alkanes of at least 4 members (excludes halogenated alkanes) is 13. The minimum atomic E-state index is -0.328. The fourth-order valence-corrected chi connectivity index (χ4v) is 5.24. The molecular formula is C41H51F. The minimum absolute atomic E-state index is 0.328. The van der Waals surface area contributed by atoms with E-state index in [-0.39, 0.29) is 5.82 Å². The lowest BCUT2D eigenvalue weighted by Crippen LogP contribution is -1.88. The fraction of sp³-hybridized carbons (Fsp3) is 0.463. The van der Waals surface area contributed by atoms with Crippen LogP contribution in [0.5, 0.6) is 0 Å². The summed E-state index contributed by atoms with van der Waals surface area (Å²) >= 11 is 0. The summed E-state index contributed by atoms with van der Waals surface area (Å²) in [4.78, 5) is 0. The van der Waals surface area contributed by atoms with Crippen LogP contribution in [0.15, 0.2) is 66.7 Å². The number of hydrogen-bond donors (Lipinski definition) is 0. The van der Waals surface area contributed by atoms with Gasteiger partial charge in [0.15, 0.2) is 0 Å². The molecule has 0 spiro atoms. The van der Waals surface area contributed by atoms with Crippen LogP contribution >= 0.6 is 0 Å². The third kappa shape index (κ3) is 13.6. The standard InChI is InChI=1S/C41H51F/c1-3-5-7-9-11-13-15-17-19-36-22-26-38(27-23-36)30-32-40-33-31-39(34-41(40)42)29-28-37-24-20-35(21-25-37)18-16-14-12-10-8-6-4-2/h20-27,31,33-34H,3-19H2,1-2H3. The molecule has 0 bridgehead atoms. The van der Waals surface area contributed by atoms with Crippen molar-refractivity contribution in [2.24, 2.45) is 0 Å². The van der Waals surface area contributed by atoms with Crippen LogP contribution in [0, 0.1) is 29.5 Å². The summed E-state index contributed by atoms with van der Waals surface area (Å²) in [5.41, 5.74) is 5.64. The van der Waals surface area contributed by atoms with E-state index >= 15 is 0 Å². The van der Waals surface area contributed by atoms with Crippen LogP contribution in [0.1, 0.15) is 144 Å². The van der Waals surface area contributed by atoms with E-state index in [0.29, 0.717) is 11.1 Å². The van der Waals surface area contributed by atoms with Crippen molar-refractivity contribution in [1.29, 1.82) is 0 Å². The van der Waals surface area contributed by atoms with Crippen molar-refractivity contribution in [3.8, 4) is 23.7 Å². The zero-order chi connectivity index (χ0) is 29.7. The Labute approximate surface area is 256 Å². The van der Waals surface area contributed by atoms with Crippen molar-refractivity contribution in [1.82, 2.24) is 0 Å². The van der Waals surface area contributed by atoms with Crippen LogP contribution in [0.3, 0.4) is 0 Å².